The Bertz CT molecular complexity index is 456. The molecule has 1 aromatic carbocycles. The first-order chi connectivity index (χ1) is 7.25. The molecule has 0 radical (unpaired) electrons. The normalized spacial score (nSPS) is 10.0. The molecule has 1 heterocycles. The summed E-state index contributed by atoms with van der Waals surface area (Å²) in [5.74, 6) is 1.33. The molecule has 0 atom stereocenters. The first-order valence-corrected chi connectivity index (χ1v) is 4.98. The molecule has 0 saturated heterocycles. The van der Waals surface area contributed by atoms with Crippen LogP contribution in [0.3, 0.4) is 0 Å². The van der Waals surface area contributed by atoms with E-state index in [1.54, 1.807) is 6.20 Å². The van der Waals surface area contributed by atoms with Crippen LogP contribution in [0.2, 0.25) is 5.02 Å². The van der Waals surface area contributed by atoms with Crippen molar-refractivity contribution in [2.24, 2.45) is 0 Å². The Morgan fingerprint density at radius 1 is 1.20 bits per heavy atom. The molecule has 2 nitrogen and oxygen atoms in total. The van der Waals surface area contributed by atoms with Gasteiger partial charge in [-0.2, -0.15) is 0 Å². The Morgan fingerprint density at radius 2 is 2.07 bits per heavy atom. The highest BCUT2D eigenvalue weighted by molar-refractivity contribution is 6.31. The summed E-state index contributed by atoms with van der Waals surface area (Å²) in [6, 6.07) is 11.1. The third kappa shape index (κ3) is 2.48. The van der Waals surface area contributed by atoms with Crippen molar-refractivity contribution >= 4 is 11.6 Å². The van der Waals surface area contributed by atoms with Gasteiger partial charge in [0.25, 0.3) is 0 Å². The quantitative estimate of drug-likeness (QED) is 0.766. The minimum Gasteiger partial charge on any atom is -0.439 e. The molecule has 2 rings (SSSR count). The fraction of sp³-hybridized carbons (Fsp3) is 0.0833. The van der Waals surface area contributed by atoms with Crippen LogP contribution in [0.15, 0.2) is 42.6 Å². The fourth-order valence-corrected chi connectivity index (χ4v) is 1.33. The number of rotatable bonds is 2. The summed E-state index contributed by atoms with van der Waals surface area (Å²) in [5.41, 5.74) is 0.991. The standard InChI is InChI=1S/C12H10ClNO/c1-9-8-10(5-6-11(9)13)15-12-4-2-3-7-14-12/h2-8H,1H3. The van der Waals surface area contributed by atoms with Crippen LogP contribution in [-0.4, -0.2) is 4.98 Å². The lowest BCUT2D eigenvalue weighted by Gasteiger charge is -2.05. The van der Waals surface area contributed by atoms with E-state index in [1.165, 1.54) is 0 Å². The highest BCUT2D eigenvalue weighted by Crippen LogP contribution is 2.24. The zero-order chi connectivity index (χ0) is 10.7. The molecule has 76 valence electrons. The third-order valence-corrected chi connectivity index (χ3v) is 2.41. The summed E-state index contributed by atoms with van der Waals surface area (Å²) in [6.07, 6.45) is 1.69. The molecule has 3 heteroatoms. The predicted octanol–water partition coefficient (Wildman–Crippen LogP) is 3.84. The van der Waals surface area contributed by atoms with Crippen molar-refractivity contribution in [2.45, 2.75) is 6.92 Å². The van der Waals surface area contributed by atoms with Crippen LogP contribution < -0.4 is 4.74 Å². The average Bonchev–Trinajstić information content (AvgIpc) is 2.25. The Hall–Kier alpha value is -1.54. The Balaban J connectivity index is 2.22. The number of ether oxygens (including phenoxy) is 1. The molecular formula is C12H10ClNO. The number of halogens is 1. The molecule has 0 aliphatic rings. The number of pyridine rings is 1. The van der Waals surface area contributed by atoms with Gasteiger partial charge in [-0.05, 0) is 36.8 Å². The van der Waals surface area contributed by atoms with Crippen molar-refractivity contribution in [1.82, 2.24) is 4.98 Å². The average molecular weight is 220 g/mol. The minimum absolute atomic E-state index is 0.583. The Labute approximate surface area is 93.5 Å². The molecule has 0 spiro atoms. The maximum atomic E-state index is 5.91. The molecular weight excluding hydrogens is 210 g/mol. The van der Waals surface area contributed by atoms with Gasteiger partial charge in [0, 0.05) is 17.3 Å². The van der Waals surface area contributed by atoms with Crippen molar-refractivity contribution in [3.63, 3.8) is 0 Å². The highest BCUT2D eigenvalue weighted by atomic mass is 35.5. The summed E-state index contributed by atoms with van der Waals surface area (Å²) in [5, 5.41) is 0.739. The van der Waals surface area contributed by atoms with E-state index in [-0.39, 0.29) is 0 Å². The van der Waals surface area contributed by atoms with Crippen LogP contribution in [0.4, 0.5) is 0 Å². The molecule has 0 fully saturated rings. The van der Waals surface area contributed by atoms with Gasteiger partial charge in [0.2, 0.25) is 5.88 Å². The summed E-state index contributed by atoms with van der Waals surface area (Å²) < 4.78 is 5.54. The first-order valence-electron chi connectivity index (χ1n) is 4.61. The molecule has 0 unspecified atom stereocenters. The van der Waals surface area contributed by atoms with Gasteiger partial charge in [0.15, 0.2) is 0 Å². The molecule has 2 aromatic rings. The second kappa shape index (κ2) is 4.32. The van der Waals surface area contributed by atoms with E-state index in [1.807, 2.05) is 43.3 Å². The van der Waals surface area contributed by atoms with Crippen molar-refractivity contribution in [3.8, 4) is 11.6 Å². The molecule has 0 amide bonds. The predicted molar refractivity (Wildman–Crippen MR) is 60.5 cm³/mol. The first kappa shape index (κ1) is 9.99. The lowest BCUT2D eigenvalue weighted by Crippen LogP contribution is -1.87. The number of aryl methyl sites for hydroxylation is 1. The largest absolute Gasteiger partial charge is 0.439 e. The van der Waals surface area contributed by atoms with Crippen molar-refractivity contribution in [3.05, 3.63) is 53.2 Å². The number of hydrogen-bond acceptors (Lipinski definition) is 2. The smallest absolute Gasteiger partial charge is 0.219 e. The number of benzene rings is 1. The Morgan fingerprint density at radius 3 is 2.73 bits per heavy atom. The zero-order valence-electron chi connectivity index (χ0n) is 8.27. The second-order valence-corrected chi connectivity index (χ2v) is 3.59. The van der Waals surface area contributed by atoms with Gasteiger partial charge < -0.3 is 4.74 Å². The molecule has 1 aromatic heterocycles. The number of nitrogens with zero attached hydrogens (tertiary/aromatic N) is 1. The van der Waals surface area contributed by atoms with E-state index < -0.39 is 0 Å². The number of aromatic nitrogens is 1. The fourth-order valence-electron chi connectivity index (χ4n) is 1.21. The van der Waals surface area contributed by atoms with Gasteiger partial charge in [-0.3, -0.25) is 0 Å². The maximum absolute atomic E-state index is 5.91. The summed E-state index contributed by atoms with van der Waals surface area (Å²) in [7, 11) is 0. The van der Waals surface area contributed by atoms with Crippen LogP contribution in [0.1, 0.15) is 5.56 Å². The minimum atomic E-state index is 0.583. The summed E-state index contributed by atoms with van der Waals surface area (Å²) >= 11 is 5.91. The summed E-state index contributed by atoms with van der Waals surface area (Å²) in [6.45, 7) is 1.94. The van der Waals surface area contributed by atoms with E-state index in [0.29, 0.717) is 5.88 Å². The zero-order valence-corrected chi connectivity index (χ0v) is 9.03. The van der Waals surface area contributed by atoms with Gasteiger partial charge in [-0.15, -0.1) is 0 Å². The number of hydrogen-bond donors (Lipinski definition) is 0. The Kier molecular flexibility index (Phi) is 2.88. The van der Waals surface area contributed by atoms with Crippen LogP contribution in [0.5, 0.6) is 11.6 Å². The van der Waals surface area contributed by atoms with E-state index >= 15 is 0 Å². The molecule has 0 N–H and O–H groups in total. The molecule has 0 aliphatic heterocycles. The van der Waals surface area contributed by atoms with Crippen LogP contribution in [0.25, 0.3) is 0 Å². The van der Waals surface area contributed by atoms with Crippen LogP contribution in [0, 0.1) is 6.92 Å². The molecule has 15 heavy (non-hydrogen) atoms. The molecule has 0 bridgehead atoms. The van der Waals surface area contributed by atoms with E-state index in [4.69, 9.17) is 16.3 Å². The maximum Gasteiger partial charge on any atom is 0.219 e. The van der Waals surface area contributed by atoms with Gasteiger partial charge in [0.1, 0.15) is 5.75 Å². The van der Waals surface area contributed by atoms with E-state index in [0.717, 1.165) is 16.3 Å². The van der Waals surface area contributed by atoms with Gasteiger partial charge in [0.05, 0.1) is 0 Å². The highest BCUT2D eigenvalue weighted by Gasteiger charge is 2.00. The molecule has 0 aliphatic carbocycles. The van der Waals surface area contributed by atoms with E-state index in [2.05, 4.69) is 4.98 Å². The van der Waals surface area contributed by atoms with Crippen molar-refractivity contribution < 1.29 is 4.74 Å². The topological polar surface area (TPSA) is 22.1 Å². The van der Waals surface area contributed by atoms with Crippen LogP contribution >= 0.6 is 11.6 Å². The SMILES string of the molecule is Cc1cc(Oc2ccccn2)ccc1Cl. The van der Waals surface area contributed by atoms with Crippen LogP contribution in [-0.2, 0) is 0 Å². The lowest BCUT2D eigenvalue weighted by atomic mass is 10.2. The van der Waals surface area contributed by atoms with Crippen molar-refractivity contribution in [1.29, 1.82) is 0 Å². The lowest BCUT2D eigenvalue weighted by molar-refractivity contribution is 0.462. The second-order valence-electron chi connectivity index (χ2n) is 3.18. The third-order valence-electron chi connectivity index (χ3n) is 1.99. The van der Waals surface area contributed by atoms with Gasteiger partial charge in [-0.25, -0.2) is 4.98 Å². The van der Waals surface area contributed by atoms with E-state index in [9.17, 15) is 0 Å². The summed E-state index contributed by atoms with van der Waals surface area (Å²) in [4.78, 5) is 4.07. The monoisotopic (exact) mass is 219 g/mol. The van der Waals surface area contributed by atoms with Gasteiger partial charge >= 0.3 is 0 Å². The molecule has 0 saturated carbocycles. The van der Waals surface area contributed by atoms with Gasteiger partial charge in [-0.1, -0.05) is 17.7 Å². The van der Waals surface area contributed by atoms with Crippen molar-refractivity contribution in [2.75, 3.05) is 0 Å².